The second-order valence-electron chi connectivity index (χ2n) is 8.71. The number of amides is 3. The molecule has 0 unspecified atom stereocenters. The molecule has 9 heteroatoms. The number of ether oxygens (including phenoxy) is 1. The van der Waals surface area contributed by atoms with Crippen LogP contribution in [0.3, 0.4) is 0 Å². The number of fused-ring (bicyclic) bond motifs is 1. The summed E-state index contributed by atoms with van der Waals surface area (Å²) < 4.78 is 7.85. The molecule has 3 aromatic carbocycles. The molecule has 0 radical (unpaired) electrons. The van der Waals surface area contributed by atoms with Crippen LogP contribution in [0.15, 0.2) is 76.1 Å². The van der Waals surface area contributed by atoms with Gasteiger partial charge >= 0.3 is 0 Å². The fourth-order valence-corrected chi connectivity index (χ4v) is 5.99. The zero-order valence-electron chi connectivity index (χ0n) is 19.7. The van der Waals surface area contributed by atoms with Gasteiger partial charge in [0.25, 0.3) is 11.1 Å². The summed E-state index contributed by atoms with van der Waals surface area (Å²) in [5.74, 6) is 0.0775. The minimum Gasteiger partial charge on any atom is -0.488 e. The van der Waals surface area contributed by atoms with Gasteiger partial charge in [0.05, 0.1) is 8.48 Å². The molecule has 0 saturated carbocycles. The lowest BCUT2D eigenvalue weighted by atomic mass is 10.00. The number of hydrogen-bond acceptors (Lipinski definition) is 5. The van der Waals surface area contributed by atoms with E-state index < -0.39 is 11.1 Å². The third-order valence-corrected chi connectivity index (χ3v) is 8.49. The maximum Gasteiger partial charge on any atom is 0.294 e. The van der Waals surface area contributed by atoms with Gasteiger partial charge in [-0.25, -0.2) is 0 Å². The van der Waals surface area contributed by atoms with Gasteiger partial charge in [-0.1, -0.05) is 58.4 Å². The van der Waals surface area contributed by atoms with Crippen molar-refractivity contribution >= 4 is 73.4 Å². The van der Waals surface area contributed by atoms with E-state index in [1.54, 1.807) is 11.0 Å². The highest BCUT2D eigenvalue weighted by Crippen LogP contribution is 2.33. The molecule has 0 aromatic heterocycles. The van der Waals surface area contributed by atoms with Crippen molar-refractivity contribution in [3.63, 3.8) is 0 Å². The molecule has 5 rings (SSSR count). The second kappa shape index (κ2) is 11.4. The van der Waals surface area contributed by atoms with Gasteiger partial charge in [-0.05, 0) is 93.4 Å². The van der Waals surface area contributed by atoms with Gasteiger partial charge in [-0.3, -0.25) is 19.3 Å². The molecule has 0 spiro atoms. The number of carbonyl (C=O) groups is 3. The van der Waals surface area contributed by atoms with Crippen LogP contribution in [-0.4, -0.2) is 39.9 Å². The molecule has 2 heterocycles. The molecule has 0 aliphatic carbocycles. The second-order valence-corrected chi connectivity index (χ2v) is 11.8. The summed E-state index contributed by atoms with van der Waals surface area (Å²) in [6.07, 6.45) is 2.46. The molecular weight excluding hydrogens is 667 g/mol. The first kappa shape index (κ1) is 26.0. The van der Waals surface area contributed by atoms with E-state index in [0.717, 1.165) is 53.6 Å². The molecule has 0 bridgehead atoms. The number of benzene rings is 3. The summed E-state index contributed by atoms with van der Waals surface area (Å²) in [5, 5.41) is -0.425. The highest BCUT2D eigenvalue weighted by Gasteiger charge is 2.37. The number of imide groups is 1. The molecule has 1 saturated heterocycles. The van der Waals surface area contributed by atoms with Crippen molar-refractivity contribution in [1.82, 2.24) is 9.80 Å². The number of hydrogen-bond donors (Lipinski definition) is 0. The quantitative estimate of drug-likeness (QED) is 0.226. The number of halogens is 2. The highest BCUT2D eigenvalue weighted by molar-refractivity contribution is 14.1. The van der Waals surface area contributed by atoms with Crippen molar-refractivity contribution in [3.05, 3.63) is 102 Å². The van der Waals surface area contributed by atoms with E-state index in [4.69, 9.17) is 4.74 Å². The van der Waals surface area contributed by atoms with Crippen molar-refractivity contribution < 1.29 is 19.1 Å². The van der Waals surface area contributed by atoms with Gasteiger partial charge in [-0.15, -0.1) is 0 Å². The first-order chi connectivity index (χ1) is 17.9. The Hall–Kier alpha value is -2.63. The molecule has 188 valence electrons. The monoisotopic (exact) mass is 688 g/mol. The van der Waals surface area contributed by atoms with E-state index in [2.05, 4.69) is 44.6 Å². The van der Waals surface area contributed by atoms with Crippen molar-refractivity contribution in [1.29, 1.82) is 0 Å². The fourth-order valence-electron chi connectivity index (χ4n) is 4.20. The maximum absolute atomic E-state index is 13.0. The molecule has 1 fully saturated rings. The van der Waals surface area contributed by atoms with Crippen LogP contribution in [0.1, 0.15) is 22.3 Å². The summed E-state index contributed by atoms with van der Waals surface area (Å²) in [4.78, 5) is 41.6. The van der Waals surface area contributed by atoms with Crippen LogP contribution >= 0.6 is 50.3 Å². The summed E-state index contributed by atoms with van der Waals surface area (Å²) >= 11 is 6.48. The normalized spacial score (nSPS) is 16.3. The molecular formula is C28H22BrIN2O4S. The SMILES string of the molecule is O=C(CN1C(=O)S/C(=C\c2ccc(OCc3ccc(Br)cc3)c(I)c2)C1=O)N1CCc2ccccc2C1. The molecule has 2 aliphatic heterocycles. The van der Waals surface area contributed by atoms with E-state index >= 15 is 0 Å². The van der Waals surface area contributed by atoms with Gasteiger partial charge in [-0.2, -0.15) is 0 Å². The largest absolute Gasteiger partial charge is 0.488 e. The molecule has 0 N–H and O–H groups in total. The fraction of sp³-hybridized carbons (Fsp3) is 0.179. The first-order valence-electron chi connectivity index (χ1n) is 11.6. The Morgan fingerprint density at radius 1 is 1.05 bits per heavy atom. The van der Waals surface area contributed by atoms with Crippen LogP contribution in [0.5, 0.6) is 5.75 Å². The third kappa shape index (κ3) is 6.10. The number of carbonyl (C=O) groups excluding carboxylic acids is 3. The Balaban J connectivity index is 1.22. The predicted octanol–water partition coefficient (Wildman–Crippen LogP) is 6.25. The van der Waals surface area contributed by atoms with Gasteiger partial charge in [0, 0.05) is 17.6 Å². The summed E-state index contributed by atoms with van der Waals surface area (Å²) in [6, 6.07) is 21.6. The lowest BCUT2D eigenvalue weighted by molar-refractivity contribution is -0.136. The van der Waals surface area contributed by atoms with Gasteiger partial charge in [0.15, 0.2) is 0 Å². The van der Waals surface area contributed by atoms with E-state index in [0.29, 0.717) is 24.6 Å². The molecule has 3 aromatic rings. The average molecular weight is 689 g/mol. The smallest absolute Gasteiger partial charge is 0.294 e. The minimum atomic E-state index is -0.439. The van der Waals surface area contributed by atoms with E-state index in [1.807, 2.05) is 60.7 Å². The van der Waals surface area contributed by atoms with Gasteiger partial charge < -0.3 is 9.64 Å². The Morgan fingerprint density at radius 2 is 1.81 bits per heavy atom. The Morgan fingerprint density at radius 3 is 2.57 bits per heavy atom. The van der Waals surface area contributed by atoms with Crippen molar-refractivity contribution in [2.24, 2.45) is 0 Å². The predicted molar refractivity (Wildman–Crippen MR) is 156 cm³/mol. The van der Waals surface area contributed by atoms with Crippen LogP contribution in [-0.2, 0) is 29.2 Å². The molecule has 6 nitrogen and oxygen atoms in total. The molecule has 3 amide bonds. The average Bonchev–Trinajstić information content (AvgIpc) is 3.16. The zero-order chi connectivity index (χ0) is 25.9. The Kier molecular flexibility index (Phi) is 8.01. The lowest BCUT2D eigenvalue weighted by Crippen LogP contribution is -2.44. The van der Waals surface area contributed by atoms with Gasteiger partial charge in [0.1, 0.15) is 18.9 Å². The number of nitrogens with zero attached hydrogens (tertiary/aromatic N) is 2. The first-order valence-corrected chi connectivity index (χ1v) is 14.3. The van der Waals surface area contributed by atoms with Crippen LogP contribution in [0, 0.1) is 3.57 Å². The number of rotatable bonds is 6. The van der Waals surface area contributed by atoms with Crippen molar-refractivity contribution in [2.75, 3.05) is 13.1 Å². The summed E-state index contributed by atoms with van der Waals surface area (Å²) in [5.41, 5.74) is 4.18. The van der Waals surface area contributed by atoms with E-state index in [-0.39, 0.29) is 12.5 Å². The summed E-state index contributed by atoms with van der Waals surface area (Å²) in [7, 11) is 0. The van der Waals surface area contributed by atoms with E-state index in [9.17, 15) is 14.4 Å². The van der Waals surface area contributed by atoms with Gasteiger partial charge in [0.2, 0.25) is 5.91 Å². The van der Waals surface area contributed by atoms with E-state index in [1.165, 1.54) is 5.56 Å². The summed E-state index contributed by atoms with van der Waals surface area (Å²) in [6.45, 7) is 1.27. The van der Waals surface area contributed by atoms with Crippen LogP contribution < -0.4 is 4.74 Å². The third-order valence-electron chi connectivity index (χ3n) is 6.21. The minimum absolute atomic E-state index is 0.222. The number of thioether (sulfide) groups is 1. The van der Waals surface area contributed by atoms with Crippen molar-refractivity contribution in [3.8, 4) is 5.75 Å². The molecule has 0 atom stereocenters. The Labute approximate surface area is 241 Å². The van der Waals surface area contributed by atoms with Crippen molar-refractivity contribution in [2.45, 2.75) is 19.6 Å². The standard InChI is InChI=1S/C28H22BrIN2O4S/c29-22-8-5-18(6-9-22)17-36-24-10-7-19(13-23(24)30)14-25-27(34)32(28(35)37-25)16-26(33)31-12-11-20-3-1-2-4-21(20)15-31/h1-10,13-14H,11-12,15-17H2/b25-14-. The molecule has 2 aliphatic rings. The maximum atomic E-state index is 13.0. The zero-order valence-corrected chi connectivity index (χ0v) is 24.2. The lowest BCUT2D eigenvalue weighted by Gasteiger charge is -2.29. The molecule has 37 heavy (non-hydrogen) atoms. The topological polar surface area (TPSA) is 66.9 Å². The highest BCUT2D eigenvalue weighted by atomic mass is 127. The van der Waals surface area contributed by atoms with Crippen LogP contribution in [0.4, 0.5) is 4.79 Å². The van der Waals surface area contributed by atoms with Crippen LogP contribution in [0.25, 0.3) is 6.08 Å². The van der Waals surface area contributed by atoms with Crippen LogP contribution in [0.2, 0.25) is 0 Å². The Bertz CT molecular complexity index is 1410.